The molecule has 1 aliphatic rings. The molecular formula is C11H15NOS. The van der Waals surface area contributed by atoms with Gasteiger partial charge in [0.15, 0.2) is 0 Å². The lowest BCUT2D eigenvalue weighted by atomic mass is 10.0. The van der Waals surface area contributed by atoms with Gasteiger partial charge in [-0.2, -0.15) is 0 Å². The maximum atomic E-state index is 6.10. The highest BCUT2D eigenvalue weighted by molar-refractivity contribution is 7.99. The fourth-order valence-corrected chi connectivity index (χ4v) is 2.79. The minimum atomic E-state index is 0.176. The zero-order valence-corrected chi connectivity index (χ0v) is 9.14. The lowest BCUT2D eigenvalue weighted by molar-refractivity contribution is 0.413. The second-order valence-corrected chi connectivity index (χ2v) is 4.64. The molecule has 1 aromatic carbocycles. The summed E-state index contributed by atoms with van der Waals surface area (Å²) in [7, 11) is 1.69. The van der Waals surface area contributed by atoms with E-state index in [-0.39, 0.29) is 6.04 Å². The van der Waals surface area contributed by atoms with Gasteiger partial charge in [0, 0.05) is 10.9 Å². The van der Waals surface area contributed by atoms with Gasteiger partial charge in [-0.15, -0.1) is 11.8 Å². The molecule has 0 aliphatic carbocycles. The molecule has 14 heavy (non-hydrogen) atoms. The maximum absolute atomic E-state index is 6.10. The molecule has 3 heteroatoms. The summed E-state index contributed by atoms with van der Waals surface area (Å²) in [5.41, 5.74) is 7.34. The third-order valence-electron chi connectivity index (χ3n) is 2.53. The van der Waals surface area contributed by atoms with Crippen molar-refractivity contribution in [1.29, 1.82) is 0 Å². The van der Waals surface area contributed by atoms with Gasteiger partial charge in [-0.05, 0) is 42.4 Å². The molecule has 0 fully saturated rings. The van der Waals surface area contributed by atoms with Crippen LogP contribution in [-0.2, 0) is 0 Å². The van der Waals surface area contributed by atoms with Crippen LogP contribution < -0.4 is 10.5 Å². The Balaban J connectivity index is 2.39. The van der Waals surface area contributed by atoms with E-state index in [1.54, 1.807) is 7.11 Å². The van der Waals surface area contributed by atoms with Gasteiger partial charge >= 0.3 is 0 Å². The standard InChI is InChI=1S/C11H15NOS/c1-13-8-4-5-11-9(7-8)10(12)3-2-6-14-11/h4-5,7,10H,2-3,6,12H2,1H3. The summed E-state index contributed by atoms with van der Waals surface area (Å²) < 4.78 is 5.20. The summed E-state index contributed by atoms with van der Waals surface area (Å²) in [6, 6.07) is 6.36. The summed E-state index contributed by atoms with van der Waals surface area (Å²) in [4.78, 5) is 1.32. The van der Waals surface area contributed by atoms with Gasteiger partial charge in [0.05, 0.1) is 7.11 Å². The molecule has 76 valence electrons. The molecule has 1 aromatic rings. The predicted octanol–water partition coefficient (Wildman–Crippen LogP) is 2.58. The average molecular weight is 209 g/mol. The Morgan fingerprint density at radius 3 is 3.14 bits per heavy atom. The normalized spacial score (nSPS) is 21.1. The molecule has 0 radical (unpaired) electrons. The minimum Gasteiger partial charge on any atom is -0.497 e. The van der Waals surface area contributed by atoms with E-state index in [2.05, 4.69) is 12.1 Å². The van der Waals surface area contributed by atoms with Crippen molar-refractivity contribution in [3.63, 3.8) is 0 Å². The topological polar surface area (TPSA) is 35.2 Å². The van der Waals surface area contributed by atoms with Crippen LogP contribution in [0.25, 0.3) is 0 Å². The smallest absolute Gasteiger partial charge is 0.119 e. The molecule has 0 amide bonds. The first-order chi connectivity index (χ1) is 6.81. The van der Waals surface area contributed by atoms with Crippen molar-refractivity contribution in [3.05, 3.63) is 23.8 Å². The maximum Gasteiger partial charge on any atom is 0.119 e. The Morgan fingerprint density at radius 1 is 1.50 bits per heavy atom. The van der Waals surface area contributed by atoms with Gasteiger partial charge in [0.25, 0.3) is 0 Å². The Labute approximate surface area is 88.8 Å². The molecule has 1 heterocycles. The van der Waals surface area contributed by atoms with Crippen LogP contribution in [0.2, 0.25) is 0 Å². The van der Waals surface area contributed by atoms with E-state index in [9.17, 15) is 0 Å². The molecule has 0 saturated carbocycles. The van der Waals surface area contributed by atoms with Crippen molar-refractivity contribution in [3.8, 4) is 5.75 Å². The Bertz CT molecular complexity index is 327. The quantitative estimate of drug-likeness (QED) is 0.772. The first kappa shape index (κ1) is 9.87. The monoisotopic (exact) mass is 209 g/mol. The summed E-state index contributed by atoms with van der Waals surface area (Å²) in [5.74, 6) is 2.08. The van der Waals surface area contributed by atoms with E-state index in [0.29, 0.717) is 0 Å². The third kappa shape index (κ3) is 1.88. The molecule has 0 saturated heterocycles. The van der Waals surface area contributed by atoms with E-state index in [4.69, 9.17) is 10.5 Å². The third-order valence-corrected chi connectivity index (χ3v) is 3.71. The van der Waals surface area contributed by atoms with Crippen molar-refractivity contribution in [1.82, 2.24) is 0 Å². The number of rotatable bonds is 1. The van der Waals surface area contributed by atoms with Gasteiger partial charge < -0.3 is 10.5 Å². The number of methoxy groups -OCH3 is 1. The van der Waals surface area contributed by atoms with Gasteiger partial charge in [-0.3, -0.25) is 0 Å². The molecule has 1 unspecified atom stereocenters. The number of ether oxygens (including phenoxy) is 1. The number of hydrogen-bond acceptors (Lipinski definition) is 3. The summed E-state index contributed by atoms with van der Waals surface area (Å²) in [5, 5.41) is 0. The highest BCUT2D eigenvalue weighted by Gasteiger charge is 2.15. The highest BCUT2D eigenvalue weighted by atomic mass is 32.2. The van der Waals surface area contributed by atoms with Crippen molar-refractivity contribution >= 4 is 11.8 Å². The first-order valence-electron chi connectivity index (χ1n) is 4.87. The predicted molar refractivity (Wildman–Crippen MR) is 59.9 cm³/mol. The molecular weight excluding hydrogens is 194 g/mol. The van der Waals surface area contributed by atoms with E-state index in [1.807, 2.05) is 17.8 Å². The van der Waals surface area contributed by atoms with E-state index in [0.717, 1.165) is 12.2 Å². The number of hydrogen-bond donors (Lipinski definition) is 1. The zero-order valence-electron chi connectivity index (χ0n) is 8.32. The number of nitrogens with two attached hydrogens (primary N) is 1. The minimum absolute atomic E-state index is 0.176. The summed E-state index contributed by atoms with van der Waals surface area (Å²) >= 11 is 1.90. The van der Waals surface area contributed by atoms with Crippen molar-refractivity contribution in [2.75, 3.05) is 12.9 Å². The average Bonchev–Trinajstić information content (AvgIpc) is 2.40. The number of thioether (sulfide) groups is 1. The molecule has 0 aromatic heterocycles. The second-order valence-electron chi connectivity index (χ2n) is 3.50. The van der Waals surface area contributed by atoms with E-state index >= 15 is 0 Å². The van der Waals surface area contributed by atoms with Crippen LogP contribution in [0, 0.1) is 0 Å². The number of fused-ring (bicyclic) bond motifs is 1. The number of benzene rings is 1. The Kier molecular flexibility index (Phi) is 2.99. The molecule has 0 bridgehead atoms. The van der Waals surface area contributed by atoms with Crippen molar-refractivity contribution < 1.29 is 4.74 Å². The van der Waals surface area contributed by atoms with Crippen LogP contribution in [0.4, 0.5) is 0 Å². The van der Waals surface area contributed by atoms with E-state index < -0.39 is 0 Å². The zero-order chi connectivity index (χ0) is 9.97. The SMILES string of the molecule is COc1ccc2c(c1)C(N)CCCS2. The van der Waals surface area contributed by atoms with Crippen LogP contribution in [0.1, 0.15) is 24.4 Å². The Hall–Kier alpha value is -0.670. The Morgan fingerprint density at radius 2 is 2.36 bits per heavy atom. The van der Waals surface area contributed by atoms with Gasteiger partial charge in [-0.1, -0.05) is 0 Å². The molecule has 0 spiro atoms. The fraction of sp³-hybridized carbons (Fsp3) is 0.455. The van der Waals surface area contributed by atoms with Crippen LogP contribution >= 0.6 is 11.8 Å². The largest absolute Gasteiger partial charge is 0.497 e. The van der Waals surface area contributed by atoms with Crippen LogP contribution in [0.3, 0.4) is 0 Å². The molecule has 1 atom stereocenters. The first-order valence-corrected chi connectivity index (χ1v) is 5.86. The van der Waals surface area contributed by atoms with E-state index in [1.165, 1.54) is 22.6 Å². The fourth-order valence-electron chi connectivity index (χ4n) is 1.72. The van der Waals surface area contributed by atoms with Crippen LogP contribution in [-0.4, -0.2) is 12.9 Å². The van der Waals surface area contributed by atoms with Crippen LogP contribution in [0.15, 0.2) is 23.1 Å². The summed E-state index contributed by atoms with van der Waals surface area (Å²) in [6.45, 7) is 0. The van der Waals surface area contributed by atoms with Crippen molar-refractivity contribution in [2.24, 2.45) is 5.73 Å². The highest BCUT2D eigenvalue weighted by Crippen LogP contribution is 2.35. The lowest BCUT2D eigenvalue weighted by Crippen LogP contribution is -2.09. The van der Waals surface area contributed by atoms with Gasteiger partial charge in [0.1, 0.15) is 5.75 Å². The molecule has 1 aliphatic heterocycles. The van der Waals surface area contributed by atoms with Crippen molar-refractivity contribution in [2.45, 2.75) is 23.8 Å². The molecule has 2 N–H and O–H groups in total. The van der Waals surface area contributed by atoms with Crippen LogP contribution in [0.5, 0.6) is 5.75 Å². The van der Waals surface area contributed by atoms with Gasteiger partial charge in [-0.25, -0.2) is 0 Å². The lowest BCUT2D eigenvalue weighted by Gasteiger charge is -2.12. The molecule has 2 rings (SSSR count). The summed E-state index contributed by atoms with van der Waals surface area (Å²) in [6.07, 6.45) is 2.27. The molecule has 2 nitrogen and oxygen atoms in total. The van der Waals surface area contributed by atoms with Gasteiger partial charge in [0.2, 0.25) is 0 Å². The second kappa shape index (κ2) is 4.24.